The second-order valence-corrected chi connectivity index (χ2v) is 22.0. The quantitative estimate of drug-likeness (QED) is 0.0272. The van der Waals surface area contributed by atoms with Crippen molar-refractivity contribution in [1.29, 1.82) is 0 Å². The molecular formula is C57H111N2O6P. The summed E-state index contributed by atoms with van der Waals surface area (Å²) in [5, 5.41) is 13.8. The lowest BCUT2D eigenvalue weighted by Gasteiger charge is -2.29. The van der Waals surface area contributed by atoms with E-state index < -0.39 is 26.6 Å². The lowest BCUT2D eigenvalue weighted by Crippen LogP contribution is -2.45. The zero-order chi connectivity index (χ0) is 48.5. The summed E-state index contributed by atoms with van der Waals surface area (Å²) in [6.45, 7) is 4.56. The Hall–Kier alpha value is -1.28. The summed E-state index contributed by atoms with van der Waals surface area (Å²) in [5.74, 6) is -0.209. The number of carbonyl (C=O) groups excluding carboxylic acids is 1. The van der Waals surface area contributed by atoms with Gasteiger partial charge in [-0.3, -0.25) is 9.36 Å². The number of carbonyl (C=O) groups is 1. The van der Waals surface area contributed by atoms with E-state index in [2.05, 4.69) is 43.5 Å². The summed E-state index contributed by atoms with van der Waals surface area (Å²) in [6, 6.07) is -0.906. The van der Waals surface area contributed by atoms with E-state index in [0.717, 1.165) is 51.4 Å². The highest BCUT2D eigenvalue weighted by Gasteiger charge is 2.23. The van der Waals surface area contributed by atoms with Crippen LogP contribution in [0, 0.1) is 0 Å². The van der Waals surface area contributed by atoms with E-state index in [1.54, 1.807) is 6.08 Å². The van der Waals surface area contributed by atoms with Gasteiger partial charge in [0.1, 0.15) is 13.2 Å². The minimum Gasteiger partial charge on any atom is -0.756 e. The van der Waals surface area contributed by atoms with Crippen LogP contribution in [-0.4, -0.2) is 68.5 Å². The number of rotatable bonds is 52. The predicted molar refractivity (Wildman–Crippen MR) is 284 cm³/mol. The van der Waals surface area contributed by atoms with Crippen molar-refractivity contribution in [1.82, 2.24) is 5.32 Å². The molecule has 2 N–H and O–H groups in total. The van der Waals surface area contributed by atoms with Gasteiger partial charge in [0.2, 0.25) is 5.91 Å². The molecule has 9 heteroatoms. The highest BCUT2D eigenvalue weighted by molar-refractivity contribution is 7.45. The molecule has 0 saturated carbocycles. The molecule has 0 rings (SSSR count). The van der Waals surface area contributed by atoms with Gasteiger partial charge in [0.15, 0.2) is 0 Å². The van der Waals surface area contributed by atoms with Gasteiger partial charge in [-0.1, -0.05) is 262 Å². The van der Waals surface area contributed by atoms with E-state index in [4.69, 9.17) is 9.05 Å². The number of hydrogen-bond donors (Lipinski definition) is 2. The average Bonchev–Trinajstić information content (AvgIpc) is 3.28. The molecular weight excluding hydrogens is 840 g/mol. The number of allylic oxidation sites excluding steroid dienone is 5. The number of aliphatic hydroxyl groups excluding tert-OH is 1. The number of likely N-dealkylation sites (N-methyl/N-ethyl adjacent to an activating group) is 1. The number of nitrogens with one attached hydrogen (secondary N) is 1. The summed E-state index contributed by atoms with van der Waals surface area (Å²) in [6.07, 6.45) is 62.6. The Morgan fingerprint density at radius 1 is 0.515 bits per heavy atom. The maximum Gasteiger partial charge on any atom is 0.268 e. The monoisotopic (exact) mass is 951 g/mol. The minimum atomic E-state index is -4.60. The molecule has 3 unspecified atom stereocenters. The number of aliphatic hydroxyl groups is 1. The number of amides is 1. The first-order valence-corrected chi connectivity index (χ1v) is 29.8. The lowest BCUT2D eigenvalue weighted by atomic mass is 10.0. The Labute approximate surface area is 410 Å². The van der Waals surface area contributed by atoms with Crippen molar-refractivity contribution in [3.63, 3.8) is 0 Å². The molecule has 66 heavy (non-hydrogen) atoms. The Kier molecular flexibility index (Phi) is 47.8. The Balaban J connectivity index is 3.94. The zero-order valence-corrected chi connectivity index (χ0v) is 45.3. The second kappa shape index (κ2) is 48.7. The molecule has 3 atom stereocenters. The van der Waals surface area contributed by atoms with Crippen LogP contribution in [0.1, 0.15) is 271 Å². The third-order valence-corrected chi connectivity index (χ3v) is 13.8. The van der Waals surface area contributed by atoms with Crippen LogP contribution < -0.4 is 10.2 Å². The summed E-state index contributed by atoms with van der Waals surface area (Å²) < 4.78 is 23.2. The fourth-order valence-corrected chi connectivity index (χ4v) is 9.09. The topological polar surface area (TPSA) is 108 Å². The molecule has 0 radical (unpaired) electrons. The molecule has 0 aromatic rings. The first-order valence-electron chi connectivity index (χ1n) is 28.4. The first kappa shape index (κ1) is 64.7. The van der Waals surface area contributed by atoms with Crippen molar-refractivity contribution >= 4 is 13.7 Å². The molecule has 0 fully saturated rings. The maximum absolute atomic E-state index is 12.9. The van der Waals surface area contributed by atoms with E-state index in [1.807, 2.05) is 27.2 Å². The number of hydrogen-bond acceptors (Lipinski definition) is 6. The molecule has 1 amide bonds. The van der Waals surface area contributed by atoms with E-state index in [9.17, 15) is 19.4 Å². The predicted octanol–water partition coefficient (Wildman–Crippen LogP) is 16.4. The molecule has 8 nitrogen and oxygen atoms in total. The van der Waals surface area contributed by atoms with E-state index in [1.165, 1.54) is 199 Å². The van der Waals surface area contributed by atoms with Gasteiger partial charge in [-0.15, -0.1) is 0 Å². The molecule has 0 heterocycles. The smallest absolute Gasteiger partial charge is 0.268 e. The van der Waals surface area contributed by atoms with Crippen LogP contribution in [0.3, 0.4) is 0 Å². The maximum atomic E-state index is 12.9. The molecule has 0 aromatic carbocycles. The summed E-state index contributed by atoms with van der Waals surface area (Å²) in [4.78, 5) is 25.4. The number of unbranched alkanes of at least 4 members (excludes halogenated alkanes) is 35. The fraction of sp³-hybridized carbons (Fsp3) is 0.877. The normalized spacial score (nSPS) is 14.2. The van der Waals surface area contributed by atoms with Gasteiger partial charge in [0.25, 0.3) is 7.82 Å². The molecule has 0 bridgehead atoms. The molecule has 0 aliphatic heterocycles. The van der Waals surface area contributed by atoms with E-state index >= 15 is 0 Å². The minimum absolute atomic E-state index is 0.00790. The Morgan fingerprint density at radius 3 is 1.20 bits per heavy atom. The lowest BCUT2D eigenvalue weighted by molar-refractivity contribution is -0.870. The van der Waals surface area contributed by atoms with Gasteiger partial charge in [-0.2, -0.15) is 0 Å². The van der Waals surface area contributed by atoms with Crippen LogP contribution >= 0.6 is 7.82 Å². The van der Waals surface area contributed by atoms with Crippen LogP contribution in [0.2, 0.25) is 0 Å². The molecule has 0 aliphatic carbocycles. The molecule has 390 valence electrons. The van der Waals surface area contributed by atoms with Gasteiger partial charge in [-0.05, 0) is 38.5 Å². The van der Waals surface area contributed by atoms with Gasteiger partial charge >= 0.3 is 0 Å². The first-order chi connectivity index (χ1) is 32.0. The molecule has 0 aromatic heterocycles. The van der Waals surface area contributed by atoms with Gasteiger partial charge in [-0.25, -0.2) is 0 Å². The number of phosphoric acid groups is 1. The van der Waals surface area contributed by atoms with Crippen molar-refractivity contribution in [3.05, 3.63) is 36.5 Å². The van der Waals surface area contributed by atoms with Crippen LogP contribution in [0.4, 0.5) is 0 Å². The van der Waals surface area contributed by atoms with Crippen LogP contribution in [0.15, 0.2) is 36.5 Å². The van der Waals surface area contributed by atoms with Crippen molar-refractivity contribution in [2.24, 2.45) is 0 Å². The fourth-order valence-electron chi connectivity index (χ4n) is 8.37. The summed E-state index contributed by atoms with van der Waals surface area (Å²) in [5.41, 5.74) is 0. The summed E-state index contributed by atoms with van der Waals surface area (Å²) >= 11 is 0. The van der Waals surface area contributed by atoms with Crippen molar-refractivity contribution < 1.29 is 32.9 Å². The second-order valence-electron chi connectivity index (χ2n) is 20.6. The zero-order valence-electron chi connectivity index (χ0n) is 44.4. The highest BCUT2D eigenvalue weighted by atomic mass is 31.2. The number of phosphoric ester groups is 1. The average molecular weight is 951 g/mol. The number of quaternary nitrogens is 1. The van der Waals surface area contributed by atoms with Crippen molar-refractivity contribution in [2.45, 2.75) is 283 Å². The number of nitrogens with zero attached hydrogens (tertiary/aromatic N) is 1. The van der Waals surface area contributed by atoms with Crippen LogP contribution in [0.5, 0.6) is 0 Å². The Morgan fingerprint density at radius 2 is 0.848 bits per heavy atom. The third kappa shape index (κ3) is 50.6. The van der Waals surface area contributed by atoms with Crippen LogP contribution in [0.25, 0.3) is 0 Å². The van der Waals surface area contributed by atoms with Gasteiger partial charge < -0.3 is 28.8 Å². The largest absolute Gasteiger partial charge is 0.756 e. The third-order valence-electron chi connectivity index (χ3n) is 12.8. The van der Waals surface area contributed by atoms with Crippen molar-refractivity contribution in [2.75, 3.05) is 40.9 Å². The summed E-state index contributed by atoms with van der Waals surface area (Å²) in [7, 11) is 1.24. The molecule has 0 aliphatic rings. The highest BCUT2D eigenvalue weighted by Crippen LogP contribution is 2.38. The van der Waals surface area contributed by atoms with E-state index in [-0.39, 0.29) is 12.5 Å². The van der Waals surface area contributed by atoms with Gasteiger partial charge in [0.05, 0.1) is 39.9 Å². The Bertz CT molecular complexity index is 1170. The SMILES string of the molecule is CCC/C=C/CC/C=C/CC/C=C/C(O)C(COP(=O)([O-])OCC[N+](C)(C)C)NC(=O)CCCCCCCCCCCCCCCCCCCCCCCCCCCCCCCCCCC. The molecule has 0 saturated heterocycles. The van der Waals surface area contributed by atoms with Crippen LogP contribution in [-0.2, 0) is 18.4 Å². The van der Waals surface area contributed by atoms with E-state index in [0.29, 0.717) is 17.4 Å². The van der Waals surface area contributed by atoms with Gasteiger partial charge in [0, 0.05) is 6.42 Å². The standard InChI is InChI=1S/C57H111N2O6P/c1-6-8-10-12-14-16-18-19-20-21-22-23-24-25-26-27-28-29-30-31-32-33-34-35-36-37-38-39-41-43-45-47-49-51-57(61)58-55(54-65-66(62,63)64-53-52-59(3,4)5)56(60)50-48-46-44-42-40-17-15-13-11-9-7-2/h11,13,40,42,48,50,55-56,60H,6-10,12,14-39,41,43-47,49,51-54H2,1-5H3,(H-,58,61,62,63)/b13-11+,42-40+,50-48+. The van der Waals surface area contributed by atoms with Crippen molar-refractivity contribution in [3.8, 4) is 0 Å². The molecule has 0 spiro atoms.